The van der Waals surface area contributed by atoms with E-state index in [9.17, 15) is 29.7 Å². The summed E-state index contributed by atoms with van der Waals surface area (Å²) in [6.07, 6.45) is 1.51. The van der Waals surface area contributed by atoms with Crippen LogP contribution in [0.5, 0.6) is 0 Å². The van der Waals surface area contributed by atoms with Crippen molar-refractivity contribution in [3.63, 3.8) is 0 Å². The molecule has 4 aliphatic rings. The van der Waals surface area contributed by atoms with Crippen molar-refractivity contribution >= 4 is 55.1 Å². The van der Waals surface area contributed by atoms with Gasteiger partial charge in [0.15, 0.2) is 0 Å². The molecule has 0 heterocycles. The zero-order valence-electron chi connectivity index (χ0n) is 11.6. The highest BCUT2D eigenvalue weighted by Crippen LogP contribution is 2.70. The van der Waals surface area contributed by atoms with E-state index in [1.807, 2.05) is 0 Å². The number of rotatable bonds is 3. The monoisotopic (exact) mass is 376 g/mol. The lowest BCUT2D eigenvalue weighted by Gasteiger charge is -2.62. The number of carboxylic acids is 3. The molecule has 4 fully saturated rings. The Balaban J connectivity index is 0.00000147. The highest BCUT2D eigenvalue weighted by Gasteiger charge is 2.70. The quantitative estimate of drug-likeness (QED) is 0.696. The fourth-order valence-electron chi connectivity index (χ4n) is 5.15. The fraction of sp³-hybridized carbons (Fsp3) is 0.769. The molecule has 4 bridgehead atoms. The van der Waals surface area contributed by atoms with E-state index in [0.29, 0.717) is 19.3 Å². The van der Waals surface area contributed by atoms with E-state index < -0.39 is 34.2 Å². The lowest BCUT2D eigenvalue weighted by atomic mass is 9.39. The van der Waals surface area contributed by atoms with Crippen LogP contribution in [0.15, 0.2) is 0 Å². The van der Waals surface area contributed by atoms with Gasteiger partial charge in [-0.05, 0) is 44.4 Å². The molecule has 128 valence electrons. The number of hydrogen-bond donors (Lipinski definition) is 3. The molecule has 0 saturated heterocycles. The standard InChI is InChI=1S/C13H16O6.3ClH/c14-8(15)11-1-7-2-12(4-11,9(16)17)6-13(3-7,5-11)10(18)19;;;/h7H,1-6H2,(H,14,15)(H,16,17)(H,18,19);3*1H. The zero-order chi connectivity index (χ0) is 14.1. The van der Waals surface area contributed by atoms with Crippen LogP contribution in [0.3, 0.4) is 0 Å². The second-order valence-corrected chi connectivity index (χ2v) is 6.77. The van der Waals surface area contributed by atoms with Gasteiger partial charge in [0.05, 0.1) is 16.2 Å². The summed E-state index contributed by atoms with van der Waals surface area (Å²) in [6, 6.07) is 0. The normalized spacial score (nSPS) is 40.6. The molecule has 6 nitrogen and oxygen atoms in total. The molecule has 0 spiro atoms. The van der Waals surface area contributed by atoms with Crippen molar-refractivity contribution in [2.24, 2.45) is 22.2 Å². The minimum atomic E-state index is -1.16. The molecule has 0 aromatic carbocycles. The van der Waals surface area contributed by atoms with Crippen LogP contribution in [-0.4, -0.2) is 33.2 Å². The first kappa shape index (κ1) is 21.3. The third-order valence-corrected chi connectivity index (χ3v) is 5.43. The summed E-state index contributed by atoms with van der Waals surface area (Å²) in [4.78, 5) is 34.8. The van der Waals surface area contributed by atoms with E-state index in [1.54, 1.807) is 0 Å². The Hall–Kier alpha value is -0.720. The van der Waals surface area contributed by atoms with Gasteiger partial charge >= 0.3 is 17.9 Å². The maximum absolute atomic E-state index is 11.6. The first-order chi connectivity index (χ1) is 8.74. The summed E-state index contributed by atoms with van der Waals surface area (Å²) >= 11 is 0. The Morgan fingerprint density at radius 3 is 1.05 bits per heavy atom. The van der Waals surface area contributed by atoms with Gasteiger partial charge in [-0.1, -0.05) is 0 Å². The van der Waals surface area contributed by atoms with E-state index in [-0.39, 0.29) is 62.4 Å². The van der Waals surface area contributed by atoms with E-state index in [2.05, 4.69) is 0 Å². The van der Waals surface area contributed by atoms with Gasteiger partial charge in [-0.2, -0.15) is 0 Å². The third-order valence-electron chi connectivity index (χ3n) is 5.43. The Labute approximate surface area is 145 Å². The zero-order valence-corrected chi connectivity index (χ0v) is 14.1. The van der Waals surface area contributed by atoms with Gasteiger partial charge in [0, 0.05) is 0 Å². The highest BCUT2D eigenvalue weighted by molar-refractivity contribution is 5.86. The van der Waals surface area contributed by atoms with Gasteiger partial charge in [-0.25, -0.2) is 0 Å². The molecule has 22 heavy (non-hydrogen) atoms. The van der Waals surface area contributed by atoms with Crippen LogP contribution in [0.2, 0.25) is 0 Å². The SMILES string of the molecule is Cl.Cl.Cl.O=C(O)C12CC3CC(C(=O)O)(C1)CC(C(=O)O)(C3)C2. The van der Waals surface area contributed by atoms with Crippen LogP contribution < -0.4 is 0 Å². The summed E-state index contributed by atoms with van der Waals surface area (Å²) in [5.74, 6) is -3.20. The highest BCUT2D eigenvalue weighted by atomic mass is 35.5. The van der Waals surface area contributed by atoms with E-state index >= 15 is 0 Å². The Morgan fingerprint density at radius 2 is 0.864 bits per heavy atom. The summed E-state index contributed by atoms with van der Waals surface area (Å²) in [7, 11) is 0. The summed E-state index contributed by atoms with van der Waals surface area (Å²) in [6.45, 7) is 0. The van der Waals surface area contributed by atoms with Crippen LogP contribution >= 0.6 is 37.2 Å². The Bertz CT molecular complexity index is 429. The van der Waals surface area contributed by atoms with Crippen LogP contribution in [0.25, 0.3) is 0 Å². The maximum Gasteiger partial charge on any atom is 0.309 e. The second kappa shape index (κ2) is 6.06. The van der Waals surface area contributed by atoms with Crippen molar-refractivity contribution in [2.45, 2.75) is 38.5 Å². The lowest BCUT2D eigenvalue weighted by molar-refractivity contribution is -0.208. The molecule has 0 aliphatic heterocycles. The number of hydrogen-bond acceptors (Lipinski definition) is 3. The maximum atomic E-state index is 11.6. The topological polar surface area (TPSA) is 112 Å². The Kier molecular flexibility index (Phi) is 5.86. The molecule has 9 heteroatoms. The van der Waals surface area contributed by atoms with Crippen LogP contribution in [0, 0.1) is 22.2 Å². The van der Waals surface area contributed by atoms with Gasteiger partial charge in [0.25, 0.3) is 0 Å². The third kappa shape index (κ3) is 2.55. The van der Waals surface area contributed by atoms with E-state index in [4.69, 9.17) is 0 Å². The first-order valence-electron chi connectivity index (χ1n) is 6.44. The van der Waals surface area contributed by atoms with E-state index in [0.717, 1.165) is 0 Å². The minimum Gasteiger partial charge on any atom is -0.481 e. The molecular formula is C13H19Cl3O6. The summed E-state index contributed by atoms with van der Waals surface area (Å²) < 4.78 is 0. The van der Waals surface area contributed by atoms with Crippen molar-refractivity contribution in [2.75, 3.05) is 0 Å². The predicted molar refractivity (Wildman–Crippen MR) is 83.1 cm³/mol. The van der Waals surface area contributed by atoms with Crippen molar-refractivity contribution < 1.29 is 29.7 Å². The van der Waals surface area contributed by atoms with Crippen molar-refractivity contribution in [1.82, 2.24) is 0 Å². The van der Waals surface area contributed by atoms with Crippen molar-refractivity contribution in [1.29, 1.82) is 0 Å². The molecule has 0 amide bonds. The summed E-state index contributed by atoms with van der Waals surface area (Å²) in [5.41, 5.74) is -3.47. The van der Waals surface area contributed by atoms with Crippen LogP contribution in [0.4, 0.5) is 0 Å². The molecule has 4 saturated carbocycles. The molecular weight excluding hydrogens is 358 g/mol. The smallest absolute Gasteiger partial charge is 0.309 e. The number of aliphatic carboxylic acids is 3. The average molecular weight is 378 g/mol. The van der Waals surface area contributed by atoms with Crippen molar-refractivity contribution in [3.05, 3.63) is 0 Å². The summed E-state index contributed by atoms with van der Waals surface area (Å²) in [5, 5.41) is 28.5. The fourth-order valence-corrected chi connectivity index (χ4v) is 5.15. The van der Waals surface area contributed by atoms with Gasteiger partial charge in [0.1, 0.15) is 0 Å². The number of halogens is 3. The van der Waals surface area contributed by atoms with Crippen LogP contribution in [-0.2, 0) is 14.4 Å². The number of carboxylic acid groups (broad SMARTS) is 3. The van der Waals surface area contributed by atoms with Crippen molar-refractivity contribution in [3.8, 4) is 0 Å². The van der Waals surface area contributed by atoms with Gasteiger partial charge in [-0.3, -0.25) is 14.4 Å². The molecule has 4 rings (SSSR count). The molecule has 0 aromatic rings. The molecule has 4 aliphatic carbocycles. The molecule has 0 radical (unpaired) electrons. The minimum absolute atomic E-state index is 0. The first-order valence-corrected chi connectivity index (χ1v) is 6.44. The molecule has 0 aromatic heterocycles. The van der Waals surface area contributed by atoms with Gasteiger partial charge < -0.3 is 15.3 Å². The van der Waals surface area contributed by atoms with E-state index in [1.165, 1.54) is 0 Å². The number of carbonyl (C=O) groups is 3. The van der Waals surface area contributed by atoms with Crippen LogP contribution in [0.1, 0.15) is 38.5 Å². The average Bonchev–Trinajstić information content (AvgIpc) is 2.26. The molecule has 0 unspecified atom stereocenters. The predicted octanol–water partition coefficient (Wildman–Crippen LogP) is 2.46. The largest absolute Gasteiger partial charge is 0.481 e. The second-order valence-electron chi connectivity index (χ2n) is 6.77. The Morgan fingerprint density at radius 1 is 0.636 bits per heavy atom. The van der Waals surface area contributed by atoms with Gasteiger partial charge in [-0.15, -0.1) is 37.2 Å². The lowest BCUT2D eigenvalue weighted by Crippen LogP contribution is -2.63. The van der Waals surface area contributed by atoms with Gasteiger partial charge in [0.2, 0.25) is 0 Å². The molecule has 3 N–H and O–H groups in total. The molecule has 0 atom stereocenters.